The number of carbonyl (C=O) groups excluding carboxylic acids is 3. The van der Waals surface area contributed by atoms with Crippen LogP contribution in [0.15, 0.2) is 97.1 Å². The van der Waals surface area contributed by atoms with Crippen molar-refractivity contribution in [3.8, 4) is 17.2 Å². The quantitative estimate of drug-likeness (QED) is 0.0163. The van der Waals surface area contributed by atoms with Gasteiger partial charge in [0, 0.05) is 17.0 Å². The van der Waals surface area contributed by atoms with E-state index in [1.807, 2.05) is 24.3 Å². The molecule has 2 N–H and O–H groups in total. The Hall–Kier alpha value is -5.66. The number of carbonyl (C=O) groups is 3. The molecule has 13 nitrogen and oxygen atoms in total. The van der Waals surface area contributed by atoms with Crippen LogP contribution in [-0.4, -0.2) is 54.4 Å². The first kappa shape index (κ1) is 48.5. The molecule has 1 fully saturated rings. The van der Waals surface area contributed by atoms with E-state index < -0.39 is 23.1 Å². The van der Waals surface area contributed by atoms with Gasteiger partial charge in [-0.2, -0.15) is 0 Å². The second-order valence-corrected chi connectivity index (χ2v) is 13.4. The van der Waals surface area contributed by atoms with Gasteiger partial charge in [0.1, 0.15) is 25.0 Å². The maximum absolute atomic E-state index is 12.0. The lowest BCUT2D eigenvalue weighted by molar-refractivity contribution is -0.763. The van der Waals surface area contributed by atoms with Crippen molar-refractivity contribution in [2.45, 2.75) is 91.1 Å². The summed E-state index contributed by atoms with van der Waals surface area (Å²) in [5.74, 6) is 0.324. The molecule has 3 unspecified atom stereocenters. The van der Waals surface area contributed by atoms with Crippen molar-refractivity contribution in [2.75, 3.05) is 13.7 Å². The molecule has 314 valence electrons. The molecule has 1 aliphatic rings. The highest BCUT2D eigenvalue weighted by Gasteiger charge is 2.22. The van der Waals surface area contributed by atoms with E-state index in [0.29, 0.717) is 40.6 Å². The normalized spacial score (nSPS) is 15.1. The molecular weight excluding hydrogens is 768 g/mol. The van der Waals surface area contributed by atoms with Gasteiger partial charge >= 0.3 is 11.9 Å². The number of rotatable bonds is 20. The first-order chi connectivity index (χ1) is 28.0. The number of unbranched alkanes of at least 4 members (excludes halogenated alkanes) is 2. The molecule has 0 aromatic heterocycles. The Balaban J connectivity index is 0.000000384. The summed E-state index contributed by atoms with van der Waals surface area (Å²) in [7, 11) is 1.40. The summed E-state index contributed by atoms with van der Waals surface area (Å²) in [5.41, 5.74) is 1.91. The molecule has 0 radical (unpaired) electrons. The van der Waals surface area contributed by atoms with Gasteiger partial charge in [-0.05, 0) is 92.6 Å². The number of ether oxygens (including phenoxy) is 4. The number of nitrogens with zero attached hydrogens (tertiary/aromatic N) is 1. The van der Waals surface area contributed by atoms with Crippen LogP contribution in [0.5, 0.6) is 17.2 Å². The third-order valence-electron chi connectivity index (χ3n) is 8.45. The maximum atomic E-state index is 12.0. The molecule has 0 aliphatic heterocycles. The molecule has 1 saturated carbocycles. The van der Waals surface area contributed by atoms with Crippen LogP contribution < -0.4 is 19.5 Å². The minimum Gasteiger partial charge on any atom is -0.493 e. The highest BCUT2D eigenvalue weighted by atomic mass is 35.5. The smallest absolute Gasteiger partial charge is 0.333 e. The van der Waals surface area contributed by atoms with E-state index in [-0.39, 0.29) is 30.8 Å². The molecule has 14 heteroatoms. The molecule has 0 spiro atoms. The summed E-state index contributed by atoms with van der Waals surface area (Å²) in [6.45, 7) is 6.25. The van der Waals surface area contributed by atoms with Crippen LogP contribution >= 0.6 is 11.6 Å². The number of aliphatic hydroxyl groups is 1. The summed E-state index contributed by atoms with van der Waals surface area (Å²) in [5, 5.41) is 22.0. The number of methoxy groups -OCH3 is 1. The first-order valence-electron chi connectivity index (χ1n) is 19.1. The predicted molar refractivity (Wildman–Crippen MR) is 223 cm³/mol. The van der Waals surface area contributed by atoms with Crippen molar-refractivity contribution in [1.82, 2.24) is 5.32 Å². The second kappa shape index (κ2) is 28.7. The van der Waals surface area contributed by atoms with Gasteiger partial charge < -0.3 is 34.2 Å². The molecule has 0 bridgehead atoms. The number of nitrogens with one attached hydrogen (secondary N) is 1. The summed E-state index contributed by atoms with van der Waals surface area (Å²) >= 11 is 5.87. The van der Waals surface area contributed by atoms with Crippen LogP contribution in [0.2, 0.25) is 5.02 Å². The Labute approximate surface area is 345 Å². The number of aliphatic hydroxyl groups excluding tert-OH is 1. The van der Waals surface area contributed by atoms with E-state index in [1.54, 1.807) is 36.4 Å². The van der Waals surface area contributed by atoms with Gasteiger partial charge in [-0.25, -0.2) is 9.59 Å². The molecule has 1 amide bonds. The molecule has 3 atom stereocenters. The standard InChI is InChI=1S/C22H22N2O9.C15H19ClO2.C7H14/c1-15(23-14-25)22(27)33-19-9-7-16(11-20(19)30-2)8-10-21(26)31-12-17-3-5-18(6-4-17)13-32-24(28)29;16-13-7-4-8-14(11-13)18-10-2-1-5-12-6-3-9-15(12)17;1-3-5-7-6-4-2/h3-11,14-15H,12-13H2,1-2H3,(H,23,25);1,4-5,7-8,11-12,15,17H,2-3,6,9-10H2;3,5H,4,6-7H2,1-2H3/b10-8+;5-1+;5-3-. The third kappa shape index (κ3) is 20.5. The second-order valence-electron chi connectivity index (χ2n) is 13.0. The number of hydrogen-bond acceptors (Lipinski definition) is 11. The number of hydrogen-bond donors (Lipinski definition) is 2. The van der Waals surface area contributed by atoms with Crippen LogP contribution in [0, 0.1) is 16.0 Å². The molecule has 4 rings (SSSR count). The van der Waals surface area contributed by atoms with Crippen LogP contribution in [0.3, 0.4) is 0 Å². The van der Waals surface area contributed by atoms with Gasteiger partial charge in [0.2, 0.25) is 6.41 Å². The van der Waals surface area contributed by atoms with Gasteiger partial charge in [-0.15, -0.1) is 10.1 Å². The fourth-order valence-corrected chi connectivity index (χ4v) is 5.40. The van der Waals surface area contributed by atoms with E-state index in [4.69, 9.17) is 30.5 Å². The minimum absolute atomic E-state index is 0.0186. The van der Waals surface area contributed by atoms with E-state index in [0.717, 1.165) is 31.4 Å². The highest BCUT2D eigenvalue weighted by molar-refractivity contribution is 6.30. The molecule has 3 aromatic rings. The lowest BCUT2D eigenvalue weighted by atomic mass is 10.1. The van der Waals surface area contributed by atoms with Crippen molar-refractivity contribution in [3.63, 3.8) is 0 Å². The zero-order valence-electron chi connectivity index (χ0n) is 33.6. The van der Waals surface area contributed by atoms with Crippen molar-refractivity contribution in [1.29, 1.82) is 0 Å². The Morgan fingerprint density at radius 3 is 2.38 bits per heavy atom. The summed E-state index contributed by atoms with van der Waals surface area (Å²) in [4.78, 5) is 48.8. The number of esters is 2. The lowest BCUT2D eigenvalue weighted by Gasteiger charge is -2.13. The van der Waals surface area contributed by atoms with Gasteiger partial charge in [0.25, 0.3) is 5.09 Å². The Morgan fingerprint density at radius 1 is 1.02 bits per heavy atom. The number of amides is 1. The first-order valence-corrected chi connectivity index (χ1v) is 19.5. The molecule has 1 aliphatic carbocycles. The third-order valence-corrected chi connectivity index (χ3v) is 8.68. The van der Waals surface area contributed by atoms with Crippen molar-refractivity contribution < 1.29 is 48.4 Å². The molecule has 0 saturated heterocycles. The average Bonchev–Trinajstić information content (AvgIpc) is 3.63. The summed E-state index contributed by atoms with van der Waals surface area (Å²) in [6, 6.07) is 17.9. The molecule has 58 heavy (non-hydrogen) atoms. The topological polar surface area (TPSA) is 173 Å². The SMILES string of the molecule is C/C=C\CCCC.COc1cc(/C=C/C(=O)OCc2ccc(CO[N+](=O)[O-])cc2)ccc1OC(=O)C(C)NC=O.OC1CCCC1/C=C/CCOc1cccc(Cl)c1. The van der Waals surface area contributed by atoms with E-state index in [1.165, 1.54) is 51.5 Å². The lowest BCUT2D eigenvalue weighted by Crippen LogP contribution is -2.36. The van der Waals surface area contributed by atoms with Crippen molar-refractivity contribution >= 4 is 36.0 Å². The fourth-order valence-electron chi connectivity index (χ4n) is 5.22. The predicted octanol–water partition coefficient (Wildman–Crippen LogP) is 8.78. The molecule has 3 aromatic carbocycles. The van der Waals surface area contributed by atoms with Crippen molar-refractivity contribution in [2.24, 2.45) is 5.92 Å². The number of allylic oxidation sites excluding steroid dienone is 2. The van der Waals surface area contributed by atoms with Gasteiger partial charge in [0.05, 0.1) is 19.8 Å². The number of benzene rings is 3. The van der Waals surface area contributed by atoms with Crippen LogP contribution in [-0.2, 0) is 37.2 Å². The van der Waals surface area contributed by atoms with E-state index >= 15 is 0 Å². The van der Waals surface area contributed by atoms with E-state index in [2.05, 4.69) is 48.3 Å². The van der Waals surface area contributed by atoms with Crippen LogP contribution in [0.4, 0.5) is 0 Å². The van der Waals surface area contributed by atoms with E-state index in [9.17, 15) is 29.6 Å². The fraction of sp³-hybridized carbons (Fsp3) is 0.386. The average molecular weight is 823 g/mol. The molecular formula is C44H55ClN2O11. The number of halogens is 1. The van der Waals surface area contributed by atoms with Gasteiger partial charge in [-0.1, -0.05) is 98.5 Å². The van der Waals surface area contributed by atoms with Crippen molar-refractivity contribution in [3.05, 3.63) is 129 Å². The Bertz CT molecular complexity index is 1780. The van der Waals surface area contributed by atoms with Gasteiger partial charge in [0.15, 0.2) is 11.5 Å². The zero-order chi connectivity index (χ0) is 42.5. The molecule has 0 heterocycles. The summed E-state index contributed by atoms with van der Waals surface area (Å²) < 4.78 is 21.2. The summed E-state index contributed by atoms with van der Waals surface area (Å²) in [6.07, 6.45) is 19.5. The van der Waals surface area contributed by atoms with Crippen LogP contribution in [0.1, 0.15) is 82.4 Å². The minimum atomic E-state index is -0.869. The largest absolute Gasteiger partial charge is 0.493 e. The maximum Gasteiger partial charge on any atom is 0.333 e. The van der Waals surface area contributed by atoms with Gasteiger partial charge in [-0.3, -0.25) is 4.79 Å². The highest BCUT2D eigenvalue weighted by Crippen LogP contribution is 2.29. The van der Waals surface area contributed by atoms with Crippen LogP contribution in [0.25, 0.3) is 6.08 Å². The monoisotopic (exact) mass is 822 g/mol. The Morgan fingerprint density at radius 2 is 1.76 bits per heavy atom. The Kier molecular flexibility index (Phi) is 24.0. The zero-order valence-corrected chi connectivity index (χ0v) is 34.3.